The predicted octanol–water partition coefficient (Wildman–Crippen LogP) is 1.59. The van der Waals surface area contributed by atoms with Crippen LogP contribution in [-0.2, 0) is 0 Å². The van der Waals surface area contributed by atoms with Crippen LogP contribution in [-0.4, -0.2) is 21.2 Å². The van der Waals surface area contributed by atoms with Crippen molar-refractivity contribution in [2.75, 3.05) is 0 Å². The maximum atomic E-state index is 10.4. The van der Waals surface area contributed by atoms with Gasteiger partial charge in [0.1, 0.15) is 5.69 Å². The Morgan fingerprint density at radius 3 is 2.93 bits per heavy atom. The van der Waals surface area contributed by atoms with Crippen LogP contribution in [0.25, 0.3) is 11.5 Å². The third kappa shape index (κ3) is 1.42. The molecule has 0 saturated carbocycles. The number of carbonyl (C=O) groups is 1. The van der Waals surface area contributed by atoms with Gasteiger partial charge in [-0.3, -0.25) is 9.78 Å². The topological polar surface area (TPSA) is 58.6 Å². The Kier molecular flexibility index (Phi) is 2.10. The molecule has 0 atom stereocenters. The fourth-order valence-electron chi connectivity index (χ4n) is 1.25. The zero-order valence-electron chi connectivity index (χ0n) is 7.69. The predicted molar refractivity (Wildman–Crippen MR) is 51.9 cm³/mol. The molecule has 0 radical (unpaired) electrons. The highest BCUT2D eigenvalue weighted by molar-refractivity contribution is 5.73. The molecule has 14 heavy (non-hydrogen) atoms. The second-order valence-corrected chi connectivity index (χ2v) is 2.97. The molecular formula is C10H9N3O. The van der Waals surface area contributed by atoms with Crippen LogP contribution < -0.4 is 0 Å². The van der Waals surface area contributed by atoms with Gasteiger partial charge in [0.15, 0.2) is 12.1 Å². The van der Waals surface area contributed by atoms with Crippen molar-refractivity contribution >= 4 is 6.29 Å². The molecule has 0 saturated heterocycles. The first-order valence-corrected chi connectivity index (χ1v) is 4.23. The van der Waals surface area contributed by atoms with Gasteiger partial charge in [-0.05, 0) is 18.6 Å². The lowest BCUT2D eigenvalue weighted by Crippen LogP contribution is -1.89. The summed E-state index contributed by atoms with van der Waals surface area (Å²) in [5, 5.41) is 0. The molecule has 0 aromatic carbocycles. The molecule has 0 unspecified atom stereocenters. The molecular weight excluding hydrogens is 178 g/mol. The average molecular weight is 187 g/mol. The van der Waals surface area contributed by atoms with E-state index in [1.807, 2.05) is 19.1 Å². The molecule has 2 aromatic rings. The number of aldehydes is 1. The van der Waals surface area contributed by atoms with Gasteiger partial charge >= 0.3 is 0 Å². The van der Waals surface area contributed by atoms with E-state index in [-0.39, 0.29) is 0 Å². The summed E-state index contributed by atoms with van der Waals surface area (Å²) in [5.74, 6) is 0.630. The zero-order chi connectivity index (χ0) is 9.97. The van der Waals surface area contributed by atoms with Crippen LogP contribution in [0.5, 0.6) is 0 Å². The van der Waals surface area contributed by atoms with Crippen molar-refractivity contribution in [1.29, 1.82) is 0 Å². The van der Waals surface area contributed by atoms with E-state index < -0.39 is 0 Å². The molecule has 2 heterocycles. The van der Waals surface area contributed by atoms with Gasteiger partial charge in [0, 0.05) is 6.20 Å². The third-order valence-corrected chi connectivity index (χ3v) is 1.96. The van der Waals surface area contributed by atoms with Crippen LogP contribution in [0.4, 0.5) is 0 Å². The molecule has 0 fully saturated rings. The fourth-order valence-corrected chi connectivity index (χ4v) is 1.25. The van der Waals surface area contributed by atoms with E-state index in [0.29, 0.717) is 11.5 Å². The SMILES string of the molecule is Cc1cccnc1-c1ncc(C=O)[nH]1. The van der Waals surface area contributed by atoms with Crippen molar-refractivity contribution in [1.82, 2.24) is 15.0 Å². The van der Waals surface area contributed by atoms with Crippen LogP contribution in [0.1, 0.15) is 16.1 Å². The van der Waals surface area contributed by atoms with E-state index in [0.717, 1.165) is 17.5 Å². The molecule has 70 valence electrons. The molecule has 0 spiro atoms. The lowest BCUT2D eigenvalue weighted by Gasteiger charge is -1.98. The number of hydrogen-bond donors (Lipinski definition) is 1. The zero-order valence-corrected chi connectivity index (χ0v) is 7.69. The summed E-state index contributed by atoms with van der Waals surface area (Å²) < 4.78 is 0. The Labute approximate surface area is 81.0 Å². The van der Waals surface area contributed by atoms with Crippen LogP contribution in [0.3, 0.4) is 0 Å². The third-order valence-electron chi connectivity index (χ3n) is 1.96. The Bertz CT molecular complexity index is 462. The average Bonchev–Trinajstić information content (AvgIpc) is 2.67. The summed E-state index contributed by atoms with van der Waals surface area (Å²) in [6.07, 6.45) is 3.93. The molecule has 0 aliphatic carbocycles. The van der Waals surface area contributed by atoms with Crippen LogP contribution >= 0.6 is 0 Å². The number of carbonyl (C=O) groups excluding carboxylic acids is 1. The minimum Gasteiger partial charge on any atom is -0.334 e. The summed E-state index contributed by atoms with van der Waals surface area (Å²) in [6.45, 7) is 1.95. The lowest BCUT2D eigenvalue weighted by molar-refractivity contribution is 0.111. The van der Waals surface area contributed by atoms with Crippen LogP contribution in [0, 0.1) is 6.92 Å². The number of imidazole rings is 1. The maximum Gasteiger partial charge on any atom is 0.167 e. The van der Waals surface area contributed by atoms with E-state index in [9.17, 15) is 4.79 Å². The van der Waals surface area contributed by atoms with E-state index in [1.165, 1.54) is 6.20 Å². The number of aromatic nitrogens is 3. The van der Waals surface area contributed by atoms with Crippen molar-refractivity contribution in [3.63, 3.8) is 0 Å². The normalized spacial score (nSPS) is 10.1. The standard InChI is InChI=1S/C10H9N3O/c1-7-3-2-4-11-9(7)10-12-5-8(6-14)13-10/h2-6H,1H3,(H,12,13). The molecule has 2 rings (SSSR count). The minimum absolute atomic E-state index is 0.463. The number of nitrogens with zero attached hydrogens (tertiary/aromatic N) is 2. The van der Waals surface area contributed by atoms with Gasteiger partial charge in [0.05, 0.1) is 11.9 Å². The second kappa shape index (κ2) is 3.41. The largest absolute Gasteiger partial charge is 0.334 e. The van der Waals surface area contributed by atoms with Crippen molar-refractivity contribution in [3.8, 4) is 11.5 Å². The molecule has 0 aliphatic heterocycles. The Balaban J connectivity index is 2.49. The quantitative estimate of drug-likeness (QED) is 0.726. The smallest absolute Gasteiger partial charge is 0.167 e. The molecule has 4 heteroatoms. The van der Waals surface area contributed by atoms with Gasteiger partial charge < -0.3 is 4.98 Å². The first-order valence-electron chi connectivity index (χ1n) is 4.23. The van der Waals surface area contributed by atoms with E-state index >= 15 is 0 Å². The Hall–Kier alpha value is -1.97. The number of H-pyrrole nitrogens is 1. The molecule has 4 nitrogen and oxygen atoms in total. The first kappa shape index (κ1) is 8.62. The second-order valence-electron chi connectivity index (χ2n) is 2.97. The minimum atomic E-state index is 0.463. The van der Waals surface area contributed by atoms with Gasteiger partial charge in [-0.25, -0.2) is 4.98 Å². The molecule has 1 N–H and O–H groups in total. The number of aromatic amines is 1. The Morgan fingerprint density at radius 2 is 2.29 bits per heavy atom. The monoisotopic (exact) mass is 187 g/mol. The van der Waals surface area contributed by atoms with Gasteiger partial charge in [-0.2, -0.15) is 0 Å². The summed E-state index contributed by atoms with van der Waals surface area (Å²) in [6, 6.07) is 3.81. The van der Waals surface area contributed by atoms with Crippen molar-refractivity contribution in [2.24, 2.45) is 0 Å². The summed E-state index contributed by atoms with van der Waals surface area (Å²) in [4.78, 5) is 21.6. The number of pyridine rings is 1. The van der Waals surface area contributed by atoms with Crippen molar-refractivity contribution in [3.05, 3.63) is 35.8 Å². The van der Waals surface area contributed by atoms with E-state index in [4.69, 9.17) is 0 Å². The van der Waals surface area contributed by atoms with E-state index in [2.05, 4.69) is 15.0 Å². The van der Waals surface area contributed by atoms with Gasteiger partial charge in [-0.1, -0.05) is 6.07 Å². The molecule has 0 bridgehead atoms. The number of rotatable bonds is 2. The van der Waals surface area contributed by atoms with Crippen LogP contribution in [0.2, 0.25) is 0 Å². The molecule has 2 aromatic heterocycles. The Morgan fingerprint density at radius 1 is 1.43 bits per heavy atom. The summed E-state index contributed by atoms with van der Waals surface area (Å²) in [5.41, 5.74) is 2.27. The molecule has 0 aliphatic rings. The number of aryl methyl sites for hydroxylation is 1. The molecule has 0 amide bonds. The maximum absolute atomic E-state index is 10.4. The highest BCUT2D eigenvalue weighted by Crippen LogP contribution is 2.15. The summed E-state index contributed by atoms with van der Waals surface area (Å²) >= 11 is 0. The highest BCUT2D eigenvalue weighted by atomic mass is 16.1. The number of nitrogens with one attached hydrogen (secondary N) is 1. The first-order chi connectivity index (χ1) is 6.81. The lowest BCUT2D eigenvalue weighted by atomic mass is 10.2. The van der Waals surface area contributed by atoms with Gasteiger partial charge in [0.25, 0.3) is 0 Å². The van der Waals surface area contributed by atoms with Crippen LogP contribution in [0.15, 0.2) is 24.5 Å². The fraction of sp³-hybridized carbons (Fsp3) is 0.100. The van der Waals surface area contributed by atoms with Crippen molar-refractivity contribution in [2.45, 2.75) is 6.92 Å². The van der Waals surface area contributed by atoms with Crippen molar-refractivity contribution < 1.29 is 4.79 Å². The van der Waals surface area contributed by atoms with E-state index in [1.54, 1.807) is 6.20 Å². The summed E-state index contributed by atoms with van der Waals surface area (Å²) in [7, 11) is 0. The highest BCUT2D eigenvalue weighted by Gasteiger charge is 2.06. The van der Waals surface area contributed by atoms with Gasteiger partial charge in [0.2, 0.25) is 0 Å². The van der Waals surface area contributed by atoms with Gasteiger partial charge in [-0.15, -0.1) is 0 Å². The number of hydrogen-bond acceptors (Lipinski definition) is 3.